The average molecular weight is 437 g/mol. The molecule has 1 atom stereocenters. The van der Waals surface area contributed by atoms with Gasteiger partial charge in [0.15, 0.2) is 5.65 Å². The Balaban J connectivity index is 1.55. The van der Waals surface area contributed by atoms with Crippen molar-refractivity contribution < 1.29 is 14.3 Å². The summed E-state index contributed by atoms with van der Waals surface area (Å²) < 4.78 is 12.8. The summed E-state index contributed by atoms with van der Waals surface area (Å²) in [4.78, 5) is 20.1. The Kier molecular flexibility index (Phi) is 6.09. The van der Waals surface area contributed by atoms with Gasteiger partial charge in [-0.15, -0.1) is 0 Å². The van der Waals surface area contributed by atoms with Gasteiger partial charge in [0.05, 0.1) is 26.0 Å². The third-order valence-corrected chi connectivity index (χ3v) is 6.69. The van der Waals surface area contributed by atoms with Gasteiger partial charge in [0, 0.05) is 42.7 Å². The molecule has 1 aliphatic rings. The molecular weight excluding hydrogens is 404 g/mol. The number of hydrogen-bond acceptors (Lipinski definition) is 5. The van der Waals surface area contributed by atoms with Crippen molar-refractivity contribution in [3.8, 4) is 11.5 Å². The molecule has 0 N–H and O–H groups in total. The number of aryl methyl sites for hydroxylation is 4. The molecule has 1 saturated heterocycles. The van der Waals surface area contributed by atoms with Crippen molar-refractivity contribution in [1.29, 1.82) is 0 Å². The summed E-state index contributed by atoms with van der Waals surface area (Å²) in [6, 6.07) is 5.88. The number of amides is 1. The number of methoxy groups -OCH3 is 2. The molecule has 2 aromatic heterocycles. The van der Waals surface area contributed by atoms with E-state index in [0.29, 0.717) is 12.8 Å². The van der Waals surface area contributed by atoms with Gasteiger partial charge in [0.25, 0.3) is 0 Å². The van der Waals surface area contributed by atoms with Crippen LogP contribution >= 0.6 is 0 Å². The zero-order chi connectivity index (χ0) is 23.0. The third kappa shape index (κ3) is 3.80. The molecule has 1 aliphatic heterocycles. The van der Waals surface area contributed by atoms with Gasteiger partial charge in [-0.3, -0.25) is 9.48 Å². The Hall–Kier alpha value is -3.09. The van der Waals surface area contributed by atoms with E-state index in [0.717, 1.165) is 64.4 Å². The normalized spacial score (nSPS) is 16.1. The third-order valence-electron chi connectivity index (χ3n) is 6.69. The summed E-state index contributed by atoms with van der Waals surface area (Å²) in [5, 5.41) is 5.62. The largest absolute Gasteiger partial charge is 0.497 e. The highest BCUT2D eigenvalue weighted by Crippen LogP contribution is 2.39. The molecule has 4 rings (SSSR count). The first-order valence-corrected chi connectivity index (χ1v) is 11.2. The van der Waals surface area contributed by atoms with Crippen LogP contribution in [-0.2, 0) is 18.3 Å². The first-order valence-electron chi connectivity index (χ1n) is 11.2. The van der Waals surface area contributed by atoms with Crippen LogP contribution in [0.1, 0.15) is 53.4 Å². The van der Waals surface area contributed by atoms with Gasteiger partial charge in [-0.1, -0.05) is 0 Å². The Morgan fingerprint density at radius 2 is 1.94 bits per heavy atom. The quantitative estimate of drug-likeness (QED) is 0.579. The lowest BCUT2D eigenvalue weighted by Gasteiger charge is -2.27. The molecule has 1 aromatic carbocycles. The maximum atomic E-state index is 13.3. The van der Waals surface area contributed by atoms with E-state index >= 15 is 0 Å². The topological polar surface area (TPSA) is 69.5 Å². The van der Waals surface area contributed by atoms with E-state index in [4.69, 9.17) is 14.5 Å². The number of hydrogen-bond donors (Lipinski definition) is 0. The highest BCUT2D eigenvalue weighted by Gasteiger charge is 2.32. The SMILES string of the molecule is COc1ccc(C2CCCN2C(=O)CCc2c(C)nc3c(c(C)nn3C)c2C)c(OC)c1. The number of fused-ring (bicyclic) bond motifs is 1. The van der Waals surface area contributed by atoms with E-state index < -0.39 is 0 Å². The predicted octanol–water partition coefficient (Wildman–Crippen LogP) is 4.21. The fourth-order valence-corrected chi connectivity index (χ4v) is 5.09. The number of carbonyl (C=O) groups excluding carboxylic acids is 1. The van der Waals surface area contributed by atoms with Crippen LogP contribution in [0.4, 0.5) is 0 Å². The summed E-state index contributed by atoms with van der Waals surface area (Å²) in [5.74, 6) is 1.69. The van der Waals surface area contributed by atoms with E-state index in [-0.39, 0.29) is 11.9 Å². The number of likely N-dealkylation sites (tertiary alicyclic amines) is 1. The Morgan fingerprint density at radius 1 is 1.16 bits per heavy atom. The Morgan fingerprint density at radius 3 is 2.66 bits per heavy atom. The van der Waals surface area contributed by atoms with Crippen LogP contribution in [-0.4, -0.2) is 46.3 Å². The molecule has 32 heavy (non-hydrogen) atoms. The molecule has 1 unspecified atom stereocenters. The van der Waals surface area contributed by atoms with Gasteiger partial charge in [0.1, 0.15) is 11.5 Å². The molecule has 0 radical (unpaired) electrons. The van der Waals surface area contributed by atoms with Gasteiger partial charge < -0.3 is 14.4 Å². The summed E-state index contributed by atoms with van der Waals surface area (Å²) >= 11 is 0. The highest BCUT2D eigenvalue weighted by molar-refractivity contribution is 5.84. The fraction of sp³-hybridized carbons (Fsp3) is 0.480. The number of carbonyl (C=O) groups is 1. The zero-order valence-electron chi connectivity index (χ0n) is 19.9. The first kappa shape index (κ1) is 22.1. The minimum absolute atomic E-state index is 0.0340. The van der Waals surface area contributed by atoms with Crippen molar-refractivity contribution in [2.24, 2.45) is 7.05 Å². The van der Waals surface area contributed by atoms with Gasteiger partial charge in [-0.2, -0.15) is 5.10 Å². The molecule has 0 aliphatic carbocycles. The summed E-state index contributed by atoms with van der Waals surface area (Å²) in [6.45, 7) is 6.93. The van der Waals surface area contributed by atoms with Crippen molar-refractivity contribution in [2.45, 2.75) is 52.5 Å². The van der Waals surface area contributed by atoms with Crippen LogP contribution in [0.2, 0.25) is 0 Å². The Bertz CT molecular complexity index is 1170. The molecule has 1 fully saturated rings. The lowest BCUT2D eigenvalue weighted by molar-refractivity contribution is -0.132. The highest BCUT2D eigenvalue weighted by atomic mass is 16.5. The summed E-state index contributed by atoms with van der Waals surface area (Å²) in [7, 11) is 5.23. The molecule has 0 bridgehead atoms. The molecule has 3 aromatic rings. The molecule has 7 nitrogen and oxygen atoms in total. The van der Waals surface area contributed by atoms with Gasteiger partial charge in [0.2, 0.25) is 5.91 Å². The van der Waals surface area contributed by atoms with Crippen molar-refractivity contribution in [3.63, 3.8) is 0 Å². The monoisotopic (exact) mass is 436 g/mol. The predicted molar refractivity (Wildman–Crippen MR) is 124 cm³/mol. The van der Waals surface area contributed by atoms with Crippen molar-refractivity contribution in [3.05, 3.63) is 46.3 Å². The number of ether oxygens (including phenoxy) is 2. The van der Waals surface area contributed by atoms with Crippen LogP contribution in [0, 0.1) is 20.8 Å². The zero-order valence-corrected chi connectivity index (χ0v) is 19.9. The second-order valence-electron chi connectivity index (χ2n) is 8.56. The molecular formula is C25H32N4O3. The Labute approximate surface area is 189 Å². The minimum Gasteiger partial charge on any atom is -0.497 e. The maximum Gasteiger partial charge on any atom is 0.223 e. The van der Waals surface area contributed by atoms with E-state index in [9.17, 15) is 4.79 Å². The van der Waals surface area contributed by atoms with Crippen molar-refractivity contribution >= 4 is 16.9 Å². The van der Waals surface area contributed by atoms with Crippen molar-refractivity contribution in [1.82, 2.24) is 19.7 Å². The second kappa shape index (κ2) is 8.81. The van der Waals surface area contributed by atoms with E-state index in [1.165, 1.54) is 5.56 Å². The summed E-state index contributed by atoms with van der Waals surface area (Å²) in [5.41, 5.74) is 6.23. The fourth-order valence-electron chi connectivity index (χ4n) is 5.09. The van der Waals surface area contributed by atoms with Crippen molar-refractivity contribution in [2.75, 3.05) is 20.8 Å². The molecule has 0 spiro atoms. The average Bonchev–Trinajstić information content (AvgIpc) is 3.37. The number of pyridine rings is 1. The molecule has 1 amide bonds. The molecule has 3 heterocycles. The van der Waals surface area contributed by atoms with Gasteiger partial charge >= 0.3 is 0 Å². The van der Waals surface area contributed by atoms with Gasteiger partial charge in [-0.25, -0.2) is 4.98 Å². The second-order valence-corrected chi connectivity index (χ2v) is 8.56. The van der Waals surface area contributed by atoms with E-state index in [1.807, 2.05) is 48.7 Å². The van der Waals surface area contributed by atoms with Gasteiger partial charge in [-0.05, 0) is 63.3 Å². The van der Waals surface area contributed by atoms with Crippen LogP contribution in [0.5, 0.6) is 11.5 Å². The van der Waals surface area contributed by atoms with Crippen LogP contribution in [0.3, 0.4) is 0 Å². The van der Waals surface area contributed by atoms with Crippen LogP contribution < -0.4 is 9.47 Å². The summed E-state index contributed by atoms with van der Waals surface area (Å²) in [6.07, 6.45) is 3.07. The maximum absolute atomic E-state index is 13.3. The standard InChI is InChI=1S/C25H32N4O3/c1-15-19(16(2)26-25-24(15)17(3)27-28(25)4)11-12-23(30)29-13-7-8-21(29)20-10-9-18(31-5)14-22(20)32-6/h9-10,14,21H,7-8,11-13H2,1-6H3. The number of aromatic nitrogens is 3. The van der Waals surface area contributed by atoms with Crippen LogP contribution in [0.25, 0.3) is 11.0 Å². The minimum atomic E-state index is 0.0340. The molecule has 0 saturated carbocycles. The first-order chi connectivity index (χ1) is 15.3. The molecule has 7 heteroatoms. The number of nitrogens with zero attached hydrogens (tertiary/aromatic N) is 4. The van der Waals surface area contributed by atoms with E-state index in [2.05, 4.69) is 12.0 Å². The van der Waals surface area contributed by atoms with Crippen LogP contribution in [0.15, 0.2) is 18.2 Å². The number of rotatable bonds is 6. The molecule has 170 valence electrons. The smallest absolute Gasteiger partial charge is 0.223 e. The van der Waals surface area contributed by atoms with E-state index in [1.54, 1.807) is 14.2 Å². The number of benzene rings is 1. The lowest BCUT2D eigenvalue weighted by Crippen LogP contribution is -2.31. The lowest BCUT2D eigenvalue weighted by atomic mass is 9.98.